The maximum atomic E-state index is 11.9. The Bertz CT molecular complexity index is 428. The van der Waals surface area contributed by atoms with Crippen molar-refractivity contribution in [2.24, 2.45) is 0 Å². The van der Waals surface area contributed by atoms with Crippen LogP contribution in [-0.4, -0.2) is 32.1 Å². The van der Waals surface area contributed by atoms with Crippen molar-refractivity contribution in [2.75, 3.05) is 0 Å². The molecule has 1 aromatic heterocycles. The van der Waals surface area contributed by atoms with E-state index in [0.29, 0.717) is 17.0 Å². The predicted molar refractivity (Wildman–Crippen MR) is 63.1 cm³/mol. The number of hydrogen-bond acceptors (Lipinski definition) is 5. The van der Waals surface area contributed by atoms with E-state index in [0.717, 1.165) is 18.0 Å². The van der Waals surface area contributed by atoms with E-state index < -0.39 is 17.4 Å². The minimum absolute atomic E-state index is 0.390. The van der Waals surface area contributed by atoms with E-state index >= 15 is 0 Å². The van der Waals surface area contributed by atoms with Crippen molar-refractivity contribution in [3.05, 3.63) is 10.6 Å². The third kappa shape index (κ3) is 3.23. The van der Waals surface area contributed by atoms with E-state index in [4.69, 9.17) is 5.11 Å². The average molecular weight is 257 g/mol. The first kappa shape index (κ1) is 13.6. The molecule has 17 heavy (non-hydrogen) atoms. The lowest BCUT2D eigenvalue weighted by molar-refractivity contribution is -0.143. The molecule has 6 nitrogen and oxygen atoms in total. The number of nitrogens with one attached hydrogen (secondary N) is 1. The number of carboxylic acids is 1. The van der Waals surface area contributed by atoms with Gasteiger partial charge in [0.05, 0.1) is 5.69 Å². The molecule has 0 unspecified atom stereocenters. The Morgan fingerprint density at radius 3 is 2.65 bits per heavy atom. The standard InChI is InChI=1S/C10H15N3O3S/c1-4-5-6-7(17-13-12-6)8(14)11-10(2,3)9(15)16/h4-5H2,1-3H3,(H,11,14)(H,15,16). The molecule has 1 amide bonds. The van der Waals surface area contributed by atoms with Crippen LogP contribution in [0.1, 0.15) is 42.6 Å². The fourth-order valence-corrected chi connectivity index (χ4v) is 1.78. The summed E-state index contributed by atoms with van der Waals surface area (Å²) < 4.78 is 3.72. The molecular weight excluding hydrogens is 242 g/mol. The van der Waals surface area contributed by atoms with Gasteiger partial charge in [-0.1, -0.05) is 17.8 Å². The highest BCUT2D eigenvalue weighted by Gasteiger charge is 2.30. The second-order valence-electron chi connectivity index (χ2n) is 4.18. The number of nitrogens with zero attached hydrogens (tertiary/aromatic N) is 2. The van der Waals surface area contributed by atoms with Gasteiger partial charge in [-0.2, -0.15) is 0 Å². The van der Waals surface area contributed by atoms with Crippen LogP contribution in [0.3, 0.4) is 0 Å². The highest BCUT2D eigenvalue weighted by Crippen LogP contribution is 2.14. The van der Waals surface area contributed by atoms with Crippen LogP contribution in [0.2, 0.25) is 0 Å². The Kier molecular flexibility index (Phi) is 4.17. The molecular formula is C10H15N3O3S. The van der Waals surface area contributed by atoms with E-state index in [9.17, 15) is 9.59 Å². The van der Waals surface area contributed by atoms with E-state index in [1.54, 1.807) is 0 Å². The lowest BCUT2D eigenvalue weighted by Gasteiger charge is -2.20. The van der Waals surface area contributed by atoms with Crippen molar-refractivity contribution in [1.82, 2.24) is 14.9 Å². The molecule has 0 bridgehead atoms. The fourth-order valence-electron chi connectivity index (χ4n) is 1.18. The zero-order chi connectivity index (χ0) is 13.1. The highest BCUT2D eigenvalue weighted by molar-refractivity contribution is 7.08. The van der Waals surface area contributed by atoms with E-state index in [1.165, 1.54) is 13.8 Å². The van der Waals surface area contributed by atoms with Gasteiger partial charge >= 0.3 is 5.97 Å². The largest absolute Gasteiger partial charge is 0.480 e. The van der Waals surface area contributed by atoms with E-state index in [2.05, 4.69) is 14.9 Å². The van der Waals surface area contributed by atoms with Crippen molar-refractivity contribution in [3.63, 3.8) is 0 Å². The van der Waals surface area contributed by atoms with Crippen LogP contribution in [0.4, 0.5) is 0 Å². The summed E-state index contributed by atoms with van der Waals surface area (Å²) >= 11 is 0.984. The van der Waals surface area contributed by atoms with Crippen molar-refractivity contribution in [2.45, 2.75) is 39.2 Å². The fraction of sp³-hybridized carbons (Fsp3) is 0.600. The summed E-state index contributed by atoms with van der Waals surface area (Å²) in [5, 5.41) is 15.2. The first-order valence-corrected chi connectivity index (χ1v) is 6.03. The third-order valence-electron chi connectivity index (χ3n) is 2.21. The molecule has 7 heteroatoms. The van der Waals surface area contributed by atoms with Crippen molar-refractivity contribution in [1.29, 1.82) is 0 Å². The zero-order valence-corrected chi connectivity index (χ0v) is 10.8. The summed E-state index contributed by atoms with van der Waals surface area (Å²) in [6, 6.07) is 0. The number of aromatic nitrogens is 2. The van der Waals surface area contributed by atoms with Crippen LogP contribution < -0.4 is 5.32 Å². The van der Waals surface area contributed by atoms with Gasteiger partial charge in [0.1, 0.15) is 10.4 Å². The Morgan fingerprint density at radius 1 is 1.47 bits per heavy atom. The first-order valence-electron chi connectivity index (χ1n) is 5.25. The zero-order valence-electron chi connectivity index (χ0n) is 9.98. The molecule has 2 N–H and O–H groups in total. The van der Waals surface area contributed by atoms with Gasteiger partial charge in [0, 0.05) is 0 Å². The monoisotopic (exact) mass is 257 g/mol. The van der Waals surface area contributed by atoms with Gasteiger partial charge in [-0.25, -0.2) is 4.79 Å². The van der Waals surface area contributed by atoms with Crippen molar-refractivity contribution >= 4 is 23.4 Å². The number of carbonyl (C=O) groups excluding carboxylic acids is 1. The summed E-state index contributed by atoms with van der Waals surface area (Å²) in [6.45, 7) is 4.84. The van der Waals surface area contributed by atoms with Gasteiger partial charge in [-0.15, -0.1) is 5.10 Å². The average Bonchev–Trinajstić information content (AvgIpc) is 2.65. The number of rotatable bonds is 5. The molecule has 0 spiro atoms. The second kappa shape index (κ2) is 5.22. The number of aliphatic carboxylic acids is 1. The predicted octanol–water partition coefficient (Wildman–Crippen LogP) is 1.08. The number of aryl methyl sites for hydroxylation is 1. The highest BCUT2D eigenvalue weighted by atomic mass is 32.1. The summed E-state index contributed by atoms with van der Waals surface area (Å²) in [6.07, 6.45) is 1.51. The van der Waals surface area contributed by atoms with Gasteiger partial charge in [0.25, 0.3) is 5.91 Å². The van der Waals surface area contributed by atoms with Gasteiger partial charge in [-0.05, 0) is 31.8 Å². The van der Waals surface area contributed by atoms with Crippen molar-refractivity contribution < 1.29 is 14.7 Å². The Morgan fingerprint density at radius 2 is 2.12 bits per heavy atom. The van der Waals surface area contributed by atoms with Crippen LogP contribution in [0.5, 0.6) is 0 Å². The van der Waals surface area contributed by atoms with Crippen LogP contribution >= 0.6 is 11.5 Å². The molecule has 0 saturated carbocycles. The Balaban J connectivity index is 2.83. The van der Waals surface area contributed by atoms with Crippen LogP contribution in [0.15, 0.2) is 0 Å². The lowest BCUT2D eigenvalue weighted by Crippen LogP contribution is -2.49. The van der Waals surface area contributed by atoms with E-state index in [1.807, 2.05) is 6.92 Å². The normalized spacial score (nSPS) is 11.2. The number of hydrogen-bond donors (Lipinski definition) is 2. The minimum Gasteiger partial charge on any atom is -0.480 e. The molecule has 0 aromatic carbocycles. The molecule has 0 aliphatic heterocycles. The number of amides is 1. The van der Waals surface area contributed by atoms with E-state index in [-0.39, 0.29) is 0 Å². The SMILES string of the molecule is CCCc1nnsc1C(=O)NC(C)(C)C(=O)O. The van der Waals surface area contributed by atoms with Gasteiger partial charge in [0.15, 0.2) is 0 Å². The van der Waals surface area contributed by atoms with Crippen LogP contribution in [-0.2, 0) is 11.2 Å². The molecule has 0 aliphatic carbocycles. The summed E-state index contributed by atoms with van der Waals surface area (Å²) in [4.78, 5) is 23.2. The molecule has 0 saturated heterocycles. The van der Waals surface area contributed by atoms with Gasteiger partial charge < -0.3 is 10.4 Å². The quantitative estimate of drug-likeness (QED) is 0.823. The Labute approximate surface area is 103 Å². The first-order chi connectivity index (χ1) is 7.88. The Hall–Kier alpha value is -1.50. The second-order valence-corrected chi connectivity index (χ2v) is 4.94. The minimum atomic E-state index is -1.30. The topological polar surface area (TPSA) is 92.2 Å². The number of carboxylic acid groups (broad SMARTS) is 1. The molecule has 0 radical (unpaired) electrons. The maximum Gasteiger partial charge on any atom is 0.328 e. The smallest absolute Gasteiger partial charge is 0.328 e. The van der Waals surface area contributed by atoms with Crippen LogP contribution in [0.25, 0.3) is 0 Å². The maximum absolute atomic E-state index is 11.9. The number of carbonyl (C=O) groups is 2. The summed E-state index contributed by atoms with van der Waals surface area (Å²) in [7, 11) is 0. The molecule has 1 rings (SSSR count). The summed E-state index contributed by atoms with van der Waals surface area (Å²) in [5.41, 5.74) is -0.680. The molecule has 1 aromatic rings. The van der Waals surface area contributed by atoms with Gasteiger partial charge in [-0.3, -0.25) is 4.79 Å². The molecule has 94 valence electrons. The molecule has 1 heterocycles. The molecule has 0 fully saturated rings. The lowest BCUT2D eigenvalue weighted by atomic mass is 10.1. The summed E-state index contributed by atoms with van der Waals surface area (Å²) in [5.74, 6) is -1.52. The van der Waals surface area contributed by atoms with Gasteiger partial charge in [0.2, 0.25) is 0 Å². The molecule has 0 atom stereocenters. The van der Waals surface area contributed by atoms with Crippen LogP contribution in [0, 0.1) is 0 Å². The van der Waals surface area contributed by atoms with Crippen molar-refractivity contribution in [3.8, 4) is 0 Å². The molecule has 0 aliphatic rings. The third-order valence-corrected chi connectivity index (χ3v) is 2.98.